The highest BCUT2D eigenvalue weighted by Crippen LogP contribution is 2.27. The van der Waals surface area contributed by atoms with E-state index >= 15 is 0 Å². The van der Waals surface area contributed by atoms with Gasteiger partial charge in [-0.3, -0.25) is 14.5 Å². The third-order valence-electron chi connectivity index (χ3n) is 4.95. The number of nitrogens with zero attached hydrogens (tertiary/aromatic N) is 5. The molecular weight excluding hydrogens is 368 g/mol. The van der Waals surface area contributed by atoms with Gasteiger partial charge in [-0.1, -0.05) is 51.9 Å². The van der Waals surface area contributed by atoms with E-state index in [1.54, 1.807) is 13.0 Å². The molecule has 2 aromatic rings. The lowest BCUT2D eigenvalue weighted by Crippen LogP contribution is -2.22. The first-order chi connectivity index (χ1) is 14.0. The van der Waals surface area contributed by atoms with Crippen LogP contribution < -0.4 is 5.56 Å². The van der Waals surface area contributed by atoms with Gasteiger partial charge in [-0.25, -0.2) is 0 Å². The molecule has 0 aliphatic rings. The molecule has 0 aliphatic carbocycles. The van der Waals surface area contributed by atoms with E-state index in [-0.39, 0.29) is 17.1 Å². The molecule has 2 N–H and O–H groups in total. The fourth-order valence-electron chi connectivity index (χ4n) is 3.22. The van der Waals surface area contributed by atoms with Gasteiger partial charge in [0.15, 0.2) is 11.5 Å². The SMILES string of the molecule is CCCCCCCCCCn1c(O)c(C#N)c(C)c(N=Nc2cc(C)[nH]n2)c1=O. The molecule has 0 radical (unpaired) electrons. The average molecular weight is 399 g/mol. The molecule has 0 spiro atoms. The number of hydrogen-bond donors (Lipinski definition) is 2. The Balaban J connectivity index is 2.12. The Morgan fingerprint density at radius 3 is 2.38 bits per heavy atom. The summed E-state index contributed by atoms with van der Waals surface area (Å²) in [6, 6.07) is 3.67. The first-order valence-electron chi connectivity index (χ1n) is 10.3. The molecular formula is C21H30N6O2. The van der Waals surface area contributed by atoms with Crippen LogP contribution in [-0.2, 0) is 6.54 Å². The molecule has 0 atom stereocenters. The molecule has 156 valence electrons. The van der Waals surface area contributed by atoms with Crippen LogP contribution in [0.5, 0.6) is 5.88 Å². The third-order valence-corrected chi connectivity index (χ3v) is 4.95. The van der Waals surface area contributed by atoms with E-state index in [0.717, 1.165) is 25.0 Å². The van der Waals surface area contributed by atoms with Gasteiger partial charge in [-0.05, 0) is 20.3 Å². The largest absolute Gasteiger partial charge is 0.493 e. The summed E-state index contributed by atoms with van der Waals surface area (Å²) in [4.78, 5) is 12.9. The summed E-state index contributed by atoms with van der Waals surface area (Å²) in [7, 11) is 0. The zero-order valence-corrected chi connectivity index (χ0v) is 17.5. The van der Waals surface area contributed by atoms with Crippen molar-refractivity contribution in [2.24, 2.45) is 10.2 Å². The fourth-order valence-corrected chi connectivity index (χ4v) is 3.22. The van der Waals surface area contributed by atoms with Crippen LogP contribution in [0.1, 0.15) is 75.1 Å². The molecule has 29 heavy (non-hydrogen) atoms. The van der Waals surface area contributed by atoms with Gasteiger partial charge in [0.2, 0.25) is 5.88 Å². The second-order valence-corrected chi connectivity index (χ2v) is 7.32. The van der Waals surface area contributed by atoms with Crippen LogP contribution in [0.3, 0.4) is 0 Å². The second kappa shape index (κ2) is 11.1. The Hall–Kier alpha value is -2.95. The number of hydrogen-bond acceptors (Lipinski definition) is 6. The standard InChI is InChI=1S/C21H30N6O2/c1-4-5-6-7-8-9-10-11-12-27-20(28)17(14-22)16(3)19(21(27)29)26-25-18-13-15(2)23-24-18/h13,28H,4-12H2,1-3H3,(H,23,24). The van der Waals surface area contributed by atoms with Gasteiger partial charge < -0.3 is 5.11 Å². The lowest BCUT2D eigenvalue weighted by Gasteiger charge is -2.12. The normalized spacial score (nSPS) is 11.2. The number of nitrogens with one attached hydrogen (secondary N) is 1. The number of unbranched alkanes of at least 4 members (excludes halogenated alkanes) is 7. The predicted octanol–water partition coefficient (Wildman–Crippen LogP) is 5.32. The van der Waals surface area contributed by atoms with Gasteiger partial charge in [-0.2, -0.15) is 10.4 Å². The topological polar surface area (TPSA) is 119 Å². The lowest BCUT2D eigenvalue weighted by atomic mass is 10.1. The van der Waals surface area contributed by atoms with E-state index in [1.807, 2.05) is 13.0 Å². The molecule has 8 nitrogen and oxygen atoms in total. The molecule has 0 aromatic carbocycles. The summed E-state index contributed by atoms with van der Waals surface area (Å²) in [5.74, 6) is 0.0509. The van der Waals surface area contributed by atoms with Gasteiger partial charge >= 0.3 is 0 Å². The van der Waals surface area contributed by atoms with Gasteiger partial charge in [0.1, 0.15) is 11.6 Å². The third kappa shape index (κ3) is 6.01. The number of aromatic hydroxyl groups is 1. The number of rotatable bonds is 11. The molecule has 0 amide bonds. The fraction of sp³-hybridized carbons (Fsp3) is 0.571. The Labute approximate surface area is 171 Å². The Morgan fingerprint density at radius 2 is 1.79 bits per heavy atom. The number of aromatic nitrogens is 3. The molecule has 0 saturated carbocycles. The van der Waals surface area contributed by atoms with Gasteiger partial charge in [0.25, 0.3) is 5.56 Å². The summed E-state index contributed by atoms with van der Waals surface area (Å²) in [5, 5.41) is 34.6. The van der Waals surface area contributed by atoms with Crippen molar-refractivity contribution in [3.05, 3.63) is 33.2 Å². The average Bonchev–Trinajstić information content (AvgIpc) is 3.11. The molecule has 0 saturated heterocycles. The van der Waals surface area contributed by atoms with E-state index in [9.17, 15) is 15.2 Å². The van der Waals surface area contributed by atoms with Crippen LogP contribution in [0.15, 0.2) is 21.1 Å². The van der Waals surface area contributed by atoms with Crippen molar-refractivity contribution >= 4 is 11.5 Å². The van der Waals surface area contributed by atoms with Crippen LogP contribution in [0.2, 0.25) is 0 Å². The molecule has 2 aromatic heterocycles. The van der Waals surface area contributed by atoms with Crippen LogP contribution in [0, 0.1) is 25.2 Å². The first kappa shape index (κ1) is 22.3. The maximum atomic E-state index is 12.9. The number of nitriles is 1. The minimum absolute atomic E-state index is 0.0522. The van der Waals surface area contributed by atoms with Crippen molar-refractivity contribution in [1.29, 1.82) is 5.26 Å². The van der Waals surface area contributed by atoms with Crippen molar-refractivity contribution in [3.8, 4) is 11.9 Å². The number of azo groups is 1. The molecule has 0 unspecified atom stereocenters. The molecule has 0 fully saturated rings. The van der Waals surface area contributed by atoms with Crippen molar-refractivity contribution in [2.75, 3.05) is 0 Å². The smallest absolute Gasteiger partial charge is 0.281 e. The number of aromatic amines is 1. The molecule has 0 aliphatic heterocycles. The quantitative estimate of drug-likeness (QED) is 0.393. The summed E-state index contributed by atoms with van der Waals surface area (Å²) < 4.78 is 1.23. The second-order valence-electron chi connectivity index (χ2n) is 7.32. The minimum atomic E-state index is -0.446. The number of aryl methyl sites for hydroxylation is 1. The first-order valence-corrected chi connectivity index (χ1v) is 10.3. The van der Waals surface area contributed by atoms with Crippen molar-refractivity contribution in [2.45, 2.75) is 78.7 Å². The van der Waals surface area contributed by atoms with E-state index in [4.69, 9.17) is 0 Å². The molecule has 2 heterocycles. The number of H-pyrrole nitrogens is 1. The van der Waals surface area contributed by atoms with Crippen molar-refractivity contribution in [3.63, 3.8) is 0 Å². The zero-order valence-electron chi connectivity index (χ0n) is 17.5. The predicted molar refractivity (Wildman–Crippen MR) is 112 cm³/mol. The monoisotopic (exact) mass is 398 g/mol. The van der Waals surface area contributed by atoms with Crippen molar-refractivity contribution < 1.29 is 5.11 Å². The maximum Gasteiger partial charge on any atom is 0.281 e. The highest BCUT2D eigenvalue weighted by atomic mass is 16.3. The molecule has 2 rings (SSSR count). The van der Waals surface area contributed by atoms with Crippen molar-refractivity contribution in [1.82, 2.24) is 14.8 Å². The van der Waals surface area contributed by atoms with Crippen LogP contribution in [-0.4, -0.2) is 19.9 Å². The highest BCUT2D eigenvalue weighted by molar-refractivity contribution is 5.56. The Kier molecular flexibility index (Phi) is 8.59. The minimum Gasteiger partial charge on any atom is -0.493 e. The summed E-state index contributed by atoms with van der Waals surface area (Å²) in [6.07, 6.45) is 9.02. The highest BCUT2D eigenvalue weighted by Gasteiger charge is 2.19. The van der Waals surface area contributed by atoms with E-state index in [2.05, 4.69) is 27.3 Å². The Bertz CT molecular complexity index is 936. The summed E-state index contributed by atoms with van der Waals surface area (Å²) in [6.45, 7) is 5.97. The lowest BCUT2D eigenvalue weighted by molar-refractivity contribution is 0.396. The molecule has 8 heteroatoms. The molecule has 0 bridgehead atoms. The van der Waals surface area contributed by atoms with E-state index in [0.29, 0.717) is 17.9 Å². The van der Waals surface area contributed by atoms with Crippen LogP contribution >= 0.6 is 0 Å². The maximum absolute atomic E-state index is 12.9. The van der Waals surface area contributed by atoms with Gasteiger partial charge in [0, 0.05) is 23.9 Å². The number of pyridine rings is 1. The summed E-state index contributed by atoms with van der Waals surface area (Å²) in [5.41, 5.74) is 0.804. The van der Waals surface area contributed by atoms with Crippen LogP contribution in [0.25, 0.3) is 0 Å². The summed E-state index contributed by atoms with van der Waals surface area (Å²) >= 11 is 0. The van der Waals surface area contributed by atoms with E-state index in [1.165, 1.54) is 36.7 Å². The van der Waals surface area contributed by atoms with Crippen LogP contribution in [0.4, 0.5) is 11.5 Å². The zero-order chi connectivity index (χ0) is 21.2. The van der Waals surface area contributed by atoms with Gasteiger partial charge in [-0.15, -0.1) is 10.2 Å². The van der Waals surface area contributed by atoms with E-state index < -0.39 is 5.56 Å². The van der Waals surface area contributed by atoms with Gasteiger partial charge in [0.05, 0.1) is 0 Å². The Morgan fingerprint density at radius 1 is 1.14 bits per heavy atom.